The Hall–Kier alpha value is -2.75. The van der Waals surface area contributed by atoms with Crippen LogP contribution < -0.4 is 10.6 Å². The van der Waals surface area contributed by atoms with E-state index in [9.17, 15) is 24.6 Å². The van der Waals surface area contributed by atoms with Gasteiger partial charge in [-0.1, -0.05) is 25.1 Å². The molecule has 1 aromatic rings. The third kappa shape index (κ3) is 4.55. The highest BCUT2D eigenvalue weighted by molar-refractivity contribution is 6.08. The SMILES string of the molecule is CCNCCC(=O)OCC.CN1C[C@H](C(=O)O)C=C2c3cccc4c3C(O)(C[C@H]21)C(=O)N4. The number of ether oxygens (including phenoxy) is 1. The van der Waals surface area contributed by atoms with E-state index in [2.05, 4.69) is 10.6 Å². The number of carboxylic acid groups (broad SMARTS) is 1. The third-order valence-corrected chi connectivity index (χ3v) is 6.04. The molecule has 0 spiro atoms. The molecule has 0 bridgehead atoms. The molecule has 1 amide bonds. The van der Waals surface area contributed by atoms with Crippen LogP contribution in [-0.4, -0.2) is 72.3 Å². The van der Waals surface area contributed by atoms with E-state index in [1.807, 2.05) is 37.9 Å². The first-order chi connectivity index (χ1) is 15.2. The van der Waals surface area contributed by atoms with Gasteiger partial charge in [0, 0.05) is 36.8 Å². The molecule has 3 aliphatic rings. The van der Waals surface area contributed by atoms with E-state index in [1.165, 1.54) is 0 Å². The molecule has 9 nitrogen and oxygen atoms in total. The van der Waals surface area contributed by atoms with Crippen LogP contribution in [0.2, 0.25) is 0 Å². The highest BCUT2D eigenvalue weighted by Crippen LogP contribution is 2.51. The fraction of sp³-hybridized carbons (Fsp3) is 0.522. The summed E-state index contributed by atoms with van der Waals surface area (Å²) in [5.41, 5.74) is 1.33. The van der Waals surface area contributed by atoms with Gasteiger partial charge in [0.15, 0.2) is 5.60 Å². The van der Waals surface area contributed by atoms with E-state index in [1.54, 1.807) is 12.1 Å². The Morgan fingerprint density at radius 1 is 1.34 bits per heavy atom. The lowest BCUT2D eigenvalue weighted by molar-refractivity contribution is -0.143. The van der Waals surface area contributed by atoms with Gasteiger partial charge in [0.2, 0.25) is 0 Å². The van der Waals surface area contributed by atoms with Crippen molar-refractivity contribution in [2.45, 2.75) is 38.3 Å². The number of hydrogen-bond donors (Lipinski definition) is 4. The van der Waals surface area contributed by atoms with Gasteiger partial charge < -0.3 is 25.6 Å². The lowest BCUT2D eigenvalue weighted by Gasteiger charge is -2.43. The number of likely N-dealkylation sites (N-methyl/N-ethyl adjacent to an activating group) is 1. The van der Waals surface area contributed by atoms with Crippen LogP contribution in [0.25, 0.3) is 5.57 Å². The Morgan fingerprint density at radius 2 is 2.09 bits per heavy atom. The van der Waals surface area contributed by atoms with E-state index in [0.717, 1.165) is 24.2 Å². The van der Waals surface area contributed by atoms with Crippen LogP contribution in [-0.2, 0) is 24.7 Å². The normalized spacial score (nSPS) is 25.5. The summed E-state index contributed by atoms with van der Waals surface area (Å²) in [5, 5.41) is 26.0. The van der Waals surface area contributed by atoms with Crippen LogP contribution in [0, 0.1) is 5.92 Å². The minimum Gasteiger partial charge on any atom is -0.481 e. The molecule has 0 fully saturated rings. The van der Waals surface area contributed by atoms with Crippen LogP contribution in [0.4, 0.5) is 5.69 Å². The largest absolute Gasteiger partial charge is 0.481 e. The molecular weight excluding hydrogens is 414 g/mol. The van der Waals surface area contributed by atoms with Crippen molar-refractivity contribution in [3.8, 4) is 0 Å². The van der Waals surface area contributed by atoms with Crippen molar-refractivity contribution in [3.63, 3.8) is 0 Å². The molecule has 4 rings (SSSR count). The number of hydrogen-bond acceptors (Lipinski definition) is 7. The number of nitrogens with one attached hydrogen (secondary N) is 2. The van der Waals surface area contributed by atoms with E-state index >= 15 is 0 Å². The van der Waals surface area contributed by atoms with Crippen LogP contribution in [0.15, 0.2) is 24.3 Å². The molecular formula is C23H31N3O6. The van der Waals surface area contributed by atoms with Crippen molar-refractivity contribution in [2.75, 3.05) is 38.6 Å². The molecule has 4 N–H and O–H groups in total. The lowest BCUT2D eigenvalue weighted by Crippen LogP contribution is -2.50. The Kier molecular flexibility index (Phi) is 7.33. The molecule has 9 heteroatoms. The molecule has 1 unspecified atom stereocenters. The average Bonchev–Trinajstić information content (AvgIpc) is 3.00. The molecule has 0 radical (unpaired) electrons. The summed E-state index contributed by atoms with van der Waals surface area (Å²) in [6, 6.07) is 5.26. The zero-order chi connectivity index (χ0) is 23.5. The number of carbonyl (C=O) groups excluding carboxylic acids is 2. The Balaban J connectivity index is 0.000000247. The minimum absolute atomic E-state index is 0.122. The van der Waals surface area contributed by atoms with Crippen molar-refractivity contribution >= 4 is 29.1 Å². The van der Waals surface area contributed by atoms with E-state index < -0.39 is 23.4 Å². The Morgan fingerprint density at radius 3 is 2.75 bits per heavy atom. The zero-order valence-corrected chi connectivity index (χ0v) is 18.7. The van der Waals surface area contributed by atoms with Crippen LogP contribution in [0.3, 0.4) is 0 Å². The first-order valence-corrected chi connectivity index (χ1v) is 10.9. The van der Waals surface area contributed by atoms with Crippen LogP contribution in [0.1, 0.15) is 37.8 Å². The fourth-order valence-electron chi connectivity index (χ4n) is 4.50. The molecule has 174 valence electrons. The van der Waals surface area contributed by atoms with Gasteiger partial charge in [-0.15, -0.1) is 0 Å². The summed E-state index contributed by atoms with van der Waals surface area (Å²) < 4.78 is 4.71. The highest BCUT2D eigenvalue weighted by atomic mass is 16.5. The van der Waals surface area contributed by atoms with Gasteiger partial charge in [0.1, 0.15) is 0 Å². The minimum atomic E-state index is -1.53. The maximum atomic E-state index is 12.2. The summed E-state index contributed by atoms with van der Waals surface area (Å²) in [6.45, 7) is 6.28. The van der Waals surface area contributed by atoms with Gasteiger partial charge in [-0.3, -0.25) is 19.3 Å². The van der Waals surface area contributed by atoms with E-state index in [0.29, 0.717) is 30.8 Å². The fourth-order valence-corrected chi connectivity index (χ4v) is 4.50. The molecule has 1 aliphatic carbocycles. The number of nitrogens with zero attached hydrogens (tertiary/aromatic N) is 1. The molecule has 0 aromatic heterocycles. The molecule has 0 saturated heterocycles. The number of aliphatic hydroxyl groups is 1. The number of anilines is 1. The van der Waals surface area contributed by atoms with Crippen molar-refractivity contribution < 1.29 is 29.3 Å². The van der Waals surface area contributed by atoms with Crippen molar-refractivity contribution in [3.05, 3.63) is 35.4 Å². The van der Waals surface area contributed by atoms with Crippen molar-refractivity contribution in [1.29, 1.82) is 0 Å². The number of benzene rings is 1. The quantitative estimate of drug-likeness (QED) is 0.380. The second-order valence-electron chi connectivity index (χ2n) is 8.18. The number of carbonyl (C=O) groups is 3. The van der Waals surface area contributed by atoms with Gasteiger partial charge in [-0.2, -0.15) is 0 Å². The Bertz CT molecular complexity index is 930. The Labute approximate surface area is 187 Å². The summed E-state index contributed by atoms with van der Waals surface area (Å²) in [4.78, 5) is 36.2. The molecule has 2 aliphatic heterocycles. The maximum absolute atomic E-state index is 12.2. The smallest absolute Gasteiger partial charge is 0.311 e. The van der Waals surface area contributed by atoms with Gasteiger partial charge >= 0.3 is 11.9 Å². The number of aliphatic carboxylic acids is 1. The summed E-state index contributed by atoms with van der Waals surface area (Å²) >= 11 is 0. The second-order valence-corrected chi connectivity index (χ2v) is 8.18. The summed E-state index contributed by atoms with van der Waals surface area (Å²) in [5.74, 6) is -1.96. The molecule has 32 heavy (non-hydrogen) atoms. The summed E-state index contributed by atoms with van der Waals surface area (Å²) in [6.07, 6.45) is 2.49. The first-order valence-electron chi connectivity index (χ1n) is 10.9. The van der Waals surface area contributed by atoms with E-state index in [-0.39, 0.29) is 18.4 Å². The van der Waals surface area contributed by atoms with Crippen LogP contribution in [0.5, 0.6) is 0 Å². The van der Waals surface area contributed by atoms with Gasteiger partial charge in [0.05, 0.1) is 18.9 Å². The van der Waals surface area contributed by atoms with Crippen molar-refractivity contribution in [1.82, 2.24) is 10.2 Å². The van der Waals surface area contributed by atoms with Gasteiger partial charge in [0.25, 0.3) is 5.91 Å². The second kappa shape index (κ2) is 9.81. The third-order valence-electron chi connectivity index (χ3n) is 6.04. The number of rotatable bonds is 6. The molecule has 2 heterocycles. The van der Waals surface area contributed by atoms with Crippen molar-refractivity contribution in [2.24, 2.45) is 5.92 Å². The van der Waals surface area contributed by atoms with Crippen LogP contribution >= 0.6 is 0 Å². The lowest BCUT2D eigenvalue weighted by atomic mass is 9.72. The predicted octanol–water partition coefficient (Wildman–Crippen LogP) is 1.18. The number of fused-ring (bicyclic) bond motifs is 2. The monoisotopic (exact) mass is 445 g/mol. The average molecular weight is 446 g/mol. The maximum Gasteiger partial charge on any atom is 0.311 e. The van der Waals surface area contributed by atoms with Gasteiger partial charge in [-0.25, -0.2) is 0 Å². The number of carboxylic acids is 1. The summed E-state index contributed by atoms with van der Waals surface area (Å²) in [7, 11) is 1.83. The first kappa shape index (κ1) is 23.9. The number of esters is 1. The van der Waals surface area contributed by atoms with E-state index in [4.69, 9.17) is 4.74 Å². The molecule has 0 saturated carbocycles. The predicted molar refractivity (Wildman–Crippen MR) is 119 cm³/mol. The highest BCUT2D eigenvalue weighted by Gasteiger charge is 2.53. The topological polar surface area (TPSA) is 128 Å². The zero-order valence-electron chi connectivity index (χ0n) is 18.7. The standard InChI is InChI=1S/C16H16N2O4.C7H15NO2/c1-18-7-8(14(19)20)5-10-9-3-2-4-11-13(9)16(22,6-12(10)18)15(21)17-11;1-3-8-6-5-7(9)10-4-2/h2-5,8,12,22H,6-7H2,1H3,(H,17,21)(H,19,20);8H,3-6H2,1-2H3/t8-,12-,16?;/m1./s1. The number of amides is 1. The molecule has 1 aromatic carbocycles. The van der Waals surface area contributed by atoms with Gasteiger partial charge in [-0.05, 0) is 37.7 Å². The molecule has 3 atom stereocenters.